The van der Waals surface area contributed by atoms with Crippen molar-refractivity contribution in [3.8, 4) is 0 Å². The fourth-order valence-electron chi connectivity index (χ4n) is 3.04. The Morgan fingerprint density at radius 3 is 2.88 bits per heavy atom. The molecule has 0 aromatic carbocycles. The summed E-state index contributed by atoms with van der Waals surface area (Å²) in [4.78, 5) is 7.25. The van der Waals surface area contributed by atoms with E-state index in [0.717, 1.165) is 37.2 Å². The van der Waals surface area contributed by atoms with Gasteiger partial charge in [0.1, 0.15) is 0 Å². The van der Waals surface area contributed by atoms with Crippen LogP contribution < -0.4 is 10.6 Å². The first-order chi connectivity index (χ1) is 11.2. The minimum atomic E-state index is 0. The van der Waals surface area contributed by atoms with E-state index in [9.17, 15) is 0 Å². The Morgan fingerprint density at radius 1 is 1.38 bits per heavy atom. The van der Waals surface area contributed by atoms with E-state index in [1.54, 1.807) is 0 Å². The molecule has 0 spiro atoms. The average Bonchev–Trinajstić information content (AvgIpc) is 2.96. The highest BCUT2D eigenvalue weighted by molar-refractivity contribution is 14.0. The summed E-state index contributed by atoms with van der Waals surface area (Å²) in [7, 11) is 1.95. The first kappa shape index (κ1) is 21.2. The number of aliphatic imine (C=N–C) groups is 1. The minimum Gasteiger partial charge on any atom is -0.357 e. The zero-order chi connectivity index (χ0) is 16.5. The lowest BCUT2D eigenvalue weighted by Gasteiger charge is -2.33. The lowest BCUT2D eigenvalue weighted by atomic mass is 10.0. The summed E-state index contributed by atoms with van der Waals surface area (Å²) in [5, 5.41) is 10.9. The van der Waals surface area contributed by atoms with Crippen molar-refractivity contribution in [1.82, 2.24) is 25.3 Å². The predicted molar refractivity (Wildman–Crippen MR) is 111 cm³/mol. The van der Waals surface area contributed by atoms with Crippen LogP contribution in [0.2, 0.25) is 0 Å². The number of likely N-dealkylation sites (tertiary alicyclic amines) is 1. The van der Waals surface area contributed by atoms with Crippen LogP contribution in [0, 0.1) is 0 Å². The molecule has 1 fully saturated rings. The number of rotatable bonds is 7. The number of nitrogens with one attached hydrogen (secondary N) is 2. The van der Waals surface area contributed by atoms with Gasteiger partial charge in [-0.05, 0) is 45.7 Å². The molecule has 1 aromatic rings. The molecule has 1 unspecified atom stereocenters. The highest BCUT2D eigenvalue weighted by Crippen LogP contribution is 2.15. The molecule has 1 atom stereocenters. The summed E-state index contributed by atoms with van der Waals surface area (Å²) in [6, 6.07) is 2.75. The monoisotopic (exact) mass is 448 g/mol. The summed E-state index contributed by atoms with van der Waals surface area (Å²) in [5.74, 6) is 0.889. The van der Waals surface area contributed by atoms with Crippen LogP contribution in [-0.2, 0) is 13.6 Å². The number of hydrogen-bond donors (Lipinski definition) is 2. The van der Waals surface area contributed by atoms with Gasteiger partial charge < -0.3 is 15.5 Å². The van der Waals surface area contributed by atoms with Crippen molar-refractivity contribution in [2.45, 2.75) is 52.1 Å². The van der Waals surface area contributed by atoms with E-state index >= 15 is 0 Å². The van der Waals surface area contributed by atoms with Crippen molar-refractivity contribution in [1.29, 1.82) is 0 Å². The largest absolute Gasteiger partial charge is 0.357 e. The van der Waals surface area contributed by atoms with Crippen LogP contribution in [-0.4, -0.2) is 52.9 Å². The van der Waals surface area contributed by atoms with E-state index in [-0.39, 0.29) is 24.0 Å². The molecular weight excluding hydrogens is 415 g/mol. The van der Waals surface area contributed by atoms with Crippen LogP contribution in [0.4, 0.5) is 0 Å². The molecule has 6 nitrogen and oxygen atoms in total. The van der Waals surface area contributed by atoms with E-state index in [1.807, 2.05) is 24.0 Å². The molecule has 1 aromatic heterocycles. The number of hydrogen-bond acceptors (Lipinski definition) is 3. The molecule has 1 aliphatic rings. The van der Waals surface area contributed by atoms with E-state index in [2.05, 4.69) is 39.5 Å². The van der Waals surface area contributed by atoms with Gasteiger partial charge in [-0.15, -0.1) is 24.0 Å². The Labute approximate surface area is 163 Å². The Hall–Kier alpha value is -0.830. The van der Waals surface area contributed by atoms with Crippen LogP contribution in [0.1, 0.15) is 45.2 Å². The maximum Gasteiger partial charge on any atom is 0.191 e. The zero-order valence-electron chi connectivity index (χ0n) is 15.3. The summed E-state index contributed by atoms with van der Waals surface area (Å²) in [6.45, 7) is 9.36. The van der Waals surface area contributed by atoms with Crippen molar-refractivity contribution in [3.05, 3.63) is 18.0 Å². The SMILES string of the molecule is CCNC(=NCc1ccnn1C)NCCCN1CCCCC1C.I. The molecule has 2 rings (SSSR count). The third kappa shape index (κ3) is 6.96. The van der Waals surface area contributed by atoms with Gasteiger partial charge >= 0.3 is 0 Å². The van der Waals surface area contributed by atoms with Gasteiger partial charge in [-0.2, -0.15) is 5.10 Å². The third-order valence-corrected chi connectivity index (χ3v) is 4.52. The third-order valence-electron chi connectivity index (χ3n) is 4.52. The molecule has 2 N–H and O–H groups in total. The van der Waals surface area contributed by atoms with E-state index < -0.39 is 0 Å². The number of aryl methyl sites for hydroxylation is 1. The first-order valence-corrected chi connectivity index (χ1v) is 8.93. The van der Waals surface area contributed by atoms with Crippen LogP contribution in [0.3, 0.4) is 0 Å². The first-order valence-electron chi connectivity index (χ1n) is 8.93. The van der Waals surface area contributed by atoms with Gasteiger partial charge in [-0.3, -0.25) is 4.68 Å². The summed E-state index contributed by atoms with van der Waals surface area (Å²) >= 11 is 0. The fourth-order valence-corrected chi connectivity index (χ4v) is 3.04. The molecule has 7 heteroatoms. The molecule has 2 heterocycles. The molecule has 24 heavy (non-hydrogen) atoms. The molecule has 0 aliphatic carbocycles. The molecule has 1 saturated heterocycles. The Morgan fingerprint density at radius 2 is 2.21 bits per heavy atom. The second-order valence-electron chi connectivity index (χ2n) is 6.30. The second kappa shape index (κ2) is 11.7. The quantitative estimate of drug-likeness (QED) is 0.291. The molecule has 0 radical (unpaired) electrons. The van der Waals surface area contributed by atoms with Crippen molar-refractivity contribution in [3.63, 3.8) is 0 Å². The number of guanidine groups is 1. The predicted octanol–water partition coefficient (Wildman–Crippen LogP) is 2.36. The standard InChI is InChI=1S/C17H32N6.HI/c1-4-18-17(20-14-16-9-11-21-22(16)3)19-10-7-13-23-12-6-5-8-15(23)2;/h9,11,15H,4-8,10,12-14H2,1-3H3,(H2,18,19,20);1H. The normalized spacial score (nSPS) is 19.0. The molecule has 0 saturated carbocycles. The van der Waals surface area contributed by atoms with E-state index in [0.29, 0.717) is 6.54 Å². The van der Waals surface area contributed by atoms with Crippen LogP contribution in [0.5, 0.6) is 0 Å². The molecular formula is C17H33IN6. The van der Waals surface area contributed by atoms with Gasteiger partial charge in [-0.1, -0.05) is 6.42 Å². The van der Waals surface area contributed by atoms with E-state index in [1.165, 1.54) is 32.4 Å². The number of nitrogens with zero attached hydrogens (tertiary/aromatic N) is 4. The Kier molecular flexibility index (Phi) is 10.3. The van der Waals surface area contributed by atoms with Crippen LogP contribution in [0.25, 0.3) is 0 Å². The maximum absolute atomic E-state index is 4.64. The van der Waals surface area contributed by atoms with Crippen LogP contribution >= 0.6 is 24.0 Å². The molecule has 138 valence electrons. The molecule has 0 amide bonds. The van der Waals surface area contributed by atoms with Crippen molar-refractivity contribution < 1.29 is 0 Å². The lowest BCUT2D eigenvalue weighted by molar-refractivity contribution is 0.159. The number of halogens is 1. The number of aromatic nitrogens is 2. The van der Waals surface area contributed by atoms with Gasteiger partial charge in [0.25, 0.3) is 0 Å². The van der Waals surface area contributed by atoms with Gasteiger partial charge in [0.15, 0.2) is 5.96 Å². The van der Waals surface area contributed by atoms with Crippen LogP contribution in [0.15, 0.2) is 17.3 Å². The summed E-state index contributed by atoms with van der Waals surface area (Å²) in [6.07, 6.45) is 7.06. The van der Waals surface area contributed by atoms with Crippen molar-refractivity contribution >= 4 is 29.9 Å². The van der Waals surface area contributed by atoms with Gasteiger partial charge in [-0.25, -0.2) is 4.99 Å². The number of piperidine rings is 1. The lowest BCUT2D eigenvalue weighted by Crippen LogP contribution is -2.41. The minimum absolute atomic E-state index is 0. The van der Waals surface area contributed by atoms with E-state index in [4.69, 9.17) is 0 Å². The highest BCUT2D eigenvalue weighted by atomic mass is 127. The topological polar surface area (TPSA) is 57.5 Å². The smallest absolute Gasteiger partial charge is 0.191 e. The van der Waals surface area contributed by atoms with Gasteiger partial charge in [0, 0.05) is 38.9 Å². The van der Waals surface area contributed by atoms with Crippen molar-refractivity contribution in [2.75, 3.05) is 26.2 Å². The van der Waals surface area contributed by atoms with Gasteiger partial charge in [0.05, 0.1) is 12.2 Å². The Bertz CT molecular complexity index is 487. The summed E-state index contributed by atoms with van der Waals surface area (Å²) in [5.41, 5.74) is 1.12. The second-order valence-corrected chi connectivity index (χ2v) is 6.30. The fraction of sp³-hybridized carbons (Fsp3) is 0.765. The average molecular weight is 448 g/mol. The molecule has 1 aliphatic heterocycles. The van der Waals surface area contributed by atoms with Gasteiger partial charge in [0.2, 0.25) is 0 Å². The zero-order valence-corrected chi connectivity index (χ0v) is 17.6. The Balaban J connectivity index is 0.00000288. The highest BCUT2D eigenvalue weighted by Gasteiger charge is 2.17. The maximum atomic E-state index is 4.64. The van der Waals surface area contributed by atoms with Crippen molar-refractivity contribution in [2.24, 2.45) is 12.0 Å². The summed E-state index contributed by atoms with van der Waals surface area (Å²) < 4.78 is 1.87. The molecule has 0 bridgehead atoms.